The molecule has 0 unspecified atom stereocenters. The van der Waals surface area contributed by atoms with Crippen LogP contribution in [0.1, 0.15) is 31.9 Å². The second kappa shape index (κ2) is 7.40. The molecule has 2 rings (SSSR count). The van der Waals surface area contributed by atoms with E-state index in [0.717, 1.165) is 44.1 Å². The Morgan fingerprint density at radius 2 is 2.11 bits per heavy atom. The number of anilines is 1. The first-order valence-electron chi connectivity index (χ1n) is 7.24. The van der Waals surface area contributed by atoms with Crippen molar-refractivity contribution >= 4 is 5.82 Å². The van der Waals surface area contributed by atoms with Crippen molar-refractivity contribution in [2.75, 3.05) is 44.6 Å². The predicted octanol–water partition coefficient (Wildman–Crippen LogP) is 1.31. The smallest absolute Gasteiger partial charge is 0.129 e. The third-order valence-electron chi connectivity index (χ3n) is 3.45. The van der Waals surface area contributed by atoms with Crippen molar-refractivity contribution in [3.8, 4) is 0 Å². The Bertz CT molecular complexity index is 374. The van der Waals surface area contributed by atoms with Crippen molar-refractivity contribution in [2.24, 2.45) is 0 Å². The average molecular weight is 263 g/mol. The molecule has 106 valence electrons. The molecule has 1 aromatic rings. The lowest BCUT2D eigenvalue weighted by molar-refractivity contribution is 0.240. The molecule has 19 heavy (non-hydrogen) atoms. The number of nitrogens with zero attached hydrogens (tertiary/aromatic N) is 3. The molecule has 0 bridgehead atoms. The maximum atomic E-state index is 4.27. The Labute approximate surface area is 115 Å². The van der Waals surface area contributed by atoms with Crippen LogP contribution in [0.5, 0.6) is 0 Å². The zero-order chi connectivity index (χ0) is 13.5. The van der Waals surface area contributed by atoms with Gasteiger partial charge in [-0.3, -0.25) is 0 Å². The van der Waals surface area contributed by atoms with Gasteiger partial charge in [0, 0.05) is 44.5 Å². The van der Waals surface area contributed by atoms with Gasteiger partial charge in [0.25, 0.3) is 0 Å². The predicted molar refractivity (Wildman–Crippen MR) is 78.5 cm³/mol. The molecule has 2 heterocycles. The molecule has 0 saturated carbocycles. The number of piperazine rings is 1. The van der Waals surface area contributed by atoms with Crippen LogP contribution >= 0.6 is 0 Å². The molecule has 0 radical (unpaired) electrons. The summed E-state index contributed by atoms with van der Waals surface area (Å²) in [4.78, 5) is 11.0. The molecule has 0 spiro atoms. The quantitative estimate of drug-likeness (QED) is 0.758. The van der Waals surface area contributed by atoms with Crippen LogP contribution in [0.4, 0.5) is 5.82 Å². The zero-order valence-electron chi connectivity index (χ0n) is 12.0. The largest absolute Gasteiger partial charge is 0.370 e. The summed E-state index contributed by atoms with van der Waals surface area (Å²) in [5, 5.41) is 6.76. The van der Waals surface area contributed by atoms with Gasteiger partial charge < -0.3 is 15.5 Å². The van der Waals surface area contributed by atoms with Crippen LogP contribution in [0.15, 0.2) is 12.4 Å². The van der Waals surface area contributed by atoms with E-state index in [1.54, 1.807) is 6.33 Å². The minimum absolute atomic E-state index is 0.449. The fourth-order valence-electron chi connectivity index (χ4n) is 2.24. The highest BCUT2D eigenvalue weighted by Gasteiger charge is 2.08. The van der Waals surface area contributed by atoms with Gasteiger partial charge in [-0.1, -0.05) is 13.8 Å². The van der Waals surface area contributed by atoms with Crippen LogP contribution in [0.3, 0.4) is 0 Å². The molecule has 1 aromatic heterocycles. The highest BCUT2D eigenvalue weighted by Crippen LogP contribution is 2.13. The SMILES string of the molecule is CC(C)c1cc(NCCCN2CCNCC2)ncn1. The molecule has 0 aliphatic carbocycles. The summed E-state index contributed by atoms with van der Waals surface area (Å²) >= 11 is 0. The van der Waals surface area contributed by atoms with Crippen molar-refractivity contribution in [3.05, 3.63) is 18.1 Å². The van der Waals surface area contributed by atoms with E-state index in [0.29, 0.717) is 5.92 Å². The Kier molecular flexibility index (Phi) is 5.54. The summed E-state index contributed by atoms with van der Waals surface area (Å²) in [5.41, 5.74) is 1.10. The average Bonchev–Trinajstić information content (AvgIpc) is 2.45. The van der Waals surface area contributed by atoms with Crippen LogP contribution in [0.2, 0.25) is 0 Å². The van der Waals surface area contributed by atoms with Gasteiger partial charge >= 0.3 is 0 Å². The molecule has 1 aliphatic heterocycles. The van der Waals surface area contributed by atoms with Gasteiger partial charge in [0.1, 0.15) is 12.1 Å². The maximum absolute atomic E-state index is 4.27. The molecule has 0 aromatic carbocycles. The monoisotopic (exact) mass is 263 g/mol. The van der Waals surface area contributed by atoms with Crippen molar-refractivity contribution in [2.45, 2.75) is 26.2 Å². The molecule has 1 saturated heterocycles. The van der Waals surface area contributed by atoms with Gasteiger partial charge in [-0.15, -0.1) is 0 Å². The van der Waals surface area contributed by atoms with E-state index in [4.69, 9.17) is 0 Å². The van der Waals surface area contributed by atoms with E-state index >= 15 is 0 Å². The third-order valence-corrected chi connectivity index (χ3v) is 3.45. The molecular weight excluding hydrogens is 238 g/mol. The highest BCUT2D eigenvalue weighted by atomic mass is 15.2. The van der Waals surface area contributed by atoms with Gasteiger partial charge in [-0.25, -0.2) is 9.97 Å². The first-order valence-corrected chi connectivity index (χ1v) is 7.24. The lowest BCUT2D eigenvalue weighted by atomic mass is 10.1. The van der Waals surface area contributed by atoms with E-state index < -0.39 is 0 Å². The number of nitrogens with one attached hydrogen (secondary N) is 2. The number of hydrogen-bond donors (Lipinski definition) is 2. The van der Waals surface area contributed by atoms with Gasteiger partial charge in [-0.2, -0.15) is 0 Å². The first kappa shape index (κ1) is 14.2. The van der Waals surface area contributed by atoms with Crippen molar-refractivity contribution < 1.29 is 0 Å². The van der Waals surface area contributed by atoms with Gasteiger partial charge in [0.15, 0.2) is 0 Å². The molecule has 0 atom stereocenters. The molecule has 2 N–H and O–H groups in total. The van der Waals surface area contributed by atoms with E-state index in [1.807, 2.05) is 0 Å². The second-order valence-electron chi connectivity index (χ2n) is 5.35. The third kappa shape index (κ3) is 4.76. The van der Waals surface area contributed by atoms with Gasteiger partial charge in [0.2, 0.25) is 0 Å². The lowest BCUT2D eigenvalue weighted by Gasteiger charge is -2.27. The summed E-state index contributed by atoms with van der Waals surface area (Å²) in [6, 6.07) is 2.05. The Balaban J connectivity index is 1.68. The Hall–Kier alpha value is -1.20. The number of aromatic nitrogens is 2. The minimum atomic E-state index is 0.449. The van der Waals surface area contributed by atoms with E-state index in [2.05, 4.69) is 45.4 Å². The number of hydrogen-bond acceptors (Lipinski definition) is 5. The highest BCUT2D eigenvalue weighted by molar-refractivity contribution is 5.35. The standard InChI is InChI=1S/C14H25N5/c1-12(2)13-10-14(18-11-17-13)16-4-3-7-19-8-5-15-6-9-19/h10-12,15H,3-9H2,1-2H3,(H,16,17,18). The van der Waals surface area contributed by atoms with Crippen LogP contribution in [0.25, 0.3) is 0 Å². The van der Waals surface area contributed by atoms with Crippen LogP contribution in [-0.4, -0.2) is 54.1 Å². The van der Waals surface area contributed by atoms with Crippen LogP contribution in [0, 0.1) is 0 Å². The van der Waals surface area contributed by atoms with E-state index in [-0.39, 0.29) is 0 Å². The lowest BCUT2D eigenvalue weighted by Crippen LogP contribution is -2.44. The van der Waals surface area contributed by atoms with Crippen LogP contribution in [-0.2, 0) is 0 Å². The van der Waals surface area contributed by atoms with Crippen LogP contribution < -0.4 is 10.6 Å². The number of rotatable bonds is 6. The topological polar surface area (TPSA) is 53.1 Å². The van der Waals surface area contributed by atoms with Crippen molar-refractivity contribution in [1.82, 2.24) is 20.2 Å². The van der Waals surface area contributed by atoms with Crippen molar-refractivity contribution in [1.29, 1.82) is 0 Å². The summed E-state index contributed by atoms with van der Waals surface area (Å²) < 4.78 is 0. The molecule has 5 nitrogen and oxygen atoms in total. The first-order chi connectivity index (χ1) is 9.25. The maximum Gasteiger partial charge on any atom is 0.129 e. The van der Waals surface area contributed by atoms with E-state index in [9.17, 15) is 0 Å². The van der Waals surface area contributed by atoms with Gasteiger partial charge in [0.05, 0.1) is 0 Å². The molecular formula is C14H25N5. The molecule has 5 heteroatoms. The van der Waals surface area contributed by atoms with Crippen molar-refractivity contribution in [3.63, 3.8) is 0 Å². The summed E-state index contributed by atoms with van der Waals surface area (Å²) in [6.07, 6.45) is 2.80. The fourth-order valence-corrected chi connectivity index (χ4v) is 2.24. The molecule has 1 aliphatic rings. The zero-order valence-corrected chi connectivity index (χ0v) is 12.0. The minimum Gasteiger partial charge on any atom is -0.370 e. The summed E-state index contributed by atoms with van der Waals surface area (Å²) in [7, 11) is 0. The summed E-state index contributed by atoms with van der Waals surface area (Å²) in [6.45, 7) is 11.0. The molecule has 1 fully saturated rings. The Morgan fingerprint density at radius 3 is 2.84 bits per heavy atom. The second-order valence-corrected chi connectivity index (χ2v) is 5.35. The Morgan fingerprint density at radius 1 is 1.32 bits per heavy atom. The fraction of sp³-hybridized carbons (Fsp3) is 0.714. The van der Waals surface area contributed by atoms with E-state index in [1.165, 1.54) is 13.1 Å². The van der Waals surface area contributed by atoms with Gasteiger partial charge in [-0.05, 0) is 18.9 Å². The molecule has 0 amide bonds. The normalized spacial score (nSPS) is 16.8. The summed E-state index contributed by atoms with van der Waals surface area (Å²) in [5.74, 6) is 1.39.